The van der Waals surface area contributed by atoms with E-state index in [1.807, 2.05) is 30.3 Å². The molecule has 0 aromatic heterocycles. The van der Waals surface area contributed by atoms with Gasteiger partial charge in [0.1, 0.15) is 11.5 Å². The summed E-state index contributed by atoms with van der Waals surface area (Å²) in [7, 11) is 0. The molecule has 160 valence electrons. The zero-order chi connectivity index (χ0) is 21.1. The van der Waals surface area contributed by atoms with Crippen molar-refractivity contribution in [3.05, 3.63) is 65.2 Å². The van der Waals surface area contributed by atoms with Crippen molar-refractivity contribution in [2.24, 2.45) is 0 Å². The number of nitrogens with zero attached hydrogens (tertiary/aromatic N) is 2. The fourth-order valence-corrected chi connectivity index (χ4v) is 4.04. The van der Waals surface area contributed by atoms with Gasteiger partial charge in [-0.15, -0.1) is 0 Å². The number of hydrogen-bond donors (Lipinski definition) is 1. The summed E-state index contributed by atoms with van der Waals surface area (Å²) in [4.78, 5) is 4.59. The van der Waals surface area contributed by atoms with E-state index in [4.69, 9.17) is 9.84 Å². The van der Waals surface area contributed by atoms with Crippen LogP contribution >= 0.6 is 0 Å². The zero-order valence-corrected chi connectivity index (χ0v) is 16.7. The fourth-order valence-electron chi connectivity index (χ4n) is 4.04. The molecule has 1 saturated heterocycles. The molecule has 2 aliphatic heterocycles. The van der Waals surface area contributed by atoms with Gasteiger partial charge in [0.15, 0.2) is 0 Å². The summed E-state index contributed by atoms with van der Waals surface area (Å²) in [5.74, 6) is 1.11. The molecule has 0 atom stereocenters. The topological polar surface area (TPSA) is 35.9 Å². The third-order valence-corrected chi connectivity index (χ3v) is 5.67. The van der Waals surface area contributed by atoms with Crippen molar-refractivity contribution in [3.8, 4) is 11.5 Å². The van der Waals surface area contributed by atoms with E-state index in [0.717, 1.165) is 56.3 Å². The van der Waals surface area contributed by atoms with Crippen LogP contribution in [-0.2, 0) is 6.18 Å². The number of piperazine rings is 1. The predicted octanol–water partition coefficient (Wildman–Crippen LogP) is 4.24. The number of benzene rings is 2. The quantitative estimate of drug-likeness (QED) is 0.672. The number of fused-ring (bicyclic) bond motifs is 2. The molecule has 7 heteroatoms. The second kappa shape index (κ2) is 8.79. The minimum Gasteiger partial charge on any atom is -0.456 e. The second-order valence-corrected chi connectivity index (χ2v) is 7.62. The lowest BCUT2D eigenvalue weighted by Crippen LogP contribution is -2.47. The molecule has 2 aromatic carbocycles. The third kappa shape index (κ3) is 4.53. The van der Waals surface area contributed by atoms with Crippen molar-refractivity contribution in [1.29, 1.82) is 0 Å². The predicted molar refractivity (Wildman–Crippen MR) is 110 cm³/mol. The van der Waals surface area contributed by atoms with E-state index in [1.165, 1.54) is 12.1 Å². The first-order valence-corrected chi connectivity index (χ1v) is 10.2. The molecule has 30 heavy (non-hydrogen) atoms. The average Bonchev–Trinajstić information content (AvgIpc) is 2.73. The average molecular weight is 418 g/mol. The van der Waals surface area contributed by atoms with Crippen LogP contribution in [0.5, 0.6) is 11.5 Å². The molecule has 0 spiro atoms. The van der Waals surface area contributed by atoms with E-state index in [2.05, 4.69) is 9.80 Å². The molecule has 0 radical (unpaired) electrons. The molecule has 4 nitrogen and oxygen atoms in total. The Kier molecular flexibility index (Phi) is 6.13. The van der Waals surface area contributed by atoms with E-state index in [-0.39, 0.29) is 6.61 Å². The van der Waals surface area contributed by atoms with E-state index in [9.17, 15) is 13.2 Å². The highest BCUT2D eigenvalue weighted by atomic mass is 19.4. The summed E-state index contributed by atoms with van der Waals surface area (Å²) < 4.78 is 45.7. The number of para-hydroxylation sites is 1. The van der Waals surface area contributed by atoms with Crippen LogP contribution in [0.25, 0.3) is 5.57 Å². The number of aliphatic hydroxyl groups excluding tert-OH is 1. The lowest BCUT2D eigenvalue weighted by Gasteiger charge is -2.34. The summed E-state index contributed by atoms with van der Waals surface area (Å²) in [6.07, 6.45) is -1.63. The van der Waals surface area contributed by atoms with Crippen LogP contribution in [0.4, 0.5) is 13.2 Å². The Hall–Kier alpha value is -2.35. The first-order chi connectivity index (χ1) is 14.5. The summed E-state index contributed by atoms with van der Waals surface area (Å²) in [6, 6.07) is 11.1. The van der Waals surface area contributed by atoms with Crippen LogP contribution < -0.4 is 4.74 Å². The van der Waals surface area contributed by atoms with Crippen LogP contribution in [-0.4, -0.2) is 60.8 Å². The Morgan fingerprint density at radius 3 is 2.27 bits per heavy atom. The largest absolute Gasteiger partial charge is 0.456 e. The molecule has 0 saturated carbocycles. The van der Waals surface area contributed by atoms with Gasteiger partial charge in [-0.3, -0.25) is 4.90 Å². The lowest BCUT2D eigenvalue weighted by molar-refractivity contribution is -0.137. The maximum atomic E-state index is 13.3. The maximum Gasteiger partial charge on any atom is 0.416 e. The van der Waals surface area contributed by atoms with Crippen molar-refractivity contribution in [3.63, 3.8) is 0 Å². The number of hydrogen-bond acceptors (Lipinski definition) is 4. The first kappa shape index (κ1) is 20.9. The molecule has 0 unspecified atom stereocenters. The maximum absolute atomic E-state index is 13.3. The summed E-state index contributed by atoms with van der Waals surface area (Å²) >= 11 is 0. The van der Waals surface area contributed by atoms with Crippen molar-refractivity contribution in [1.82, 2.24) is 9.80 Å². The Morgan fingerprint density at radius 2 is 1.57 bits per heavy atom. The lowest BCUT2D eigenvalue weighted by atomic mass is 9.92. The Bertz CT molecular complexity index is 919. The number of halogens is 3. The molecule has 0 bridgehead atoms. The monoisotopic (exact) mass is 418 g/mol. The first-order valence-electron chi connectivity index (χ1n) is 10.2. The molecule has 0 amide bonds. The molecular formula is C23H25F3N2O2. The third-order valence-electron chi connectivity index (χ3n) is 5.67. The van der Waals surface area contributed by atoms with Gasteiger partial charge in [-0.05, 0) is 36.3 Å². The van der Waals surface area contributed by atoms with Gasteiger partial charge >= 0.3 is 6.18 Å². The van der Waals surface area contributed by atoms with Gasteiger partial charge in [-0.25, -0.2) is 0 Å². The number of β-amino-alcohol motifs (C(OH)–C–C–N with tert-alkyl or cyclic N) is 1. The Labute approximate surface area is 174 Å². The summed E-state index contributed by atoms with van der Waals surface area (Å²) in [5.41, 5.74) is 1.42. The van der Waals surface area contributed by atoms with Crippen LogP contribution in [0.2, 0.25) is 0 Å². The molecule has 2 heterocycles. The molecule has 1 fully saturated rings. The highest BCUT2D eigenvalue weighted by molar-refractivity contribution is 5.88. The van der Waals surface area contributed by atoms with Gasteiger partial charge < -0.3 is 14.7 Å². The van der Waals surface area contributed by atoms with E-state index in [1.54, 1.807) is 0 Å². The van der Waals surface area contributed by atoms with Gasteiger partial charge in [0.25, 0.3) is 0 Å². The molecule has 4 rings (SSSR count). The molecular weight excluding hydrogens is 393 g/mol. The SMILES string of the molecule is OCCN1CCN(CCC=C2c3ccccc3Oc3ccc(C(F)(F)F)cc32)CC1. The summed E-state index contributed by atoms with van der Waals surface area (Å²) in [5, 5.41) is 9.06. The van der Waals surface area contributed by atoms with Gasteiger partial charge in [0, 0.05) is 50.4 Å². The van der Waals surface area contributed by atoms with Crippen LogP contribution in [0.1, 0.15) is 23.1 Å². The van der Waals surface area contributed by atoms with E-state index < -0.39 is 11.7 Å². The fraction of sp³-hybridized carbons (Fsp3) is 0.391. The second-order valence-electron chi connectivity index (χ2n) is 7.62. The van der Waals surface area contributed by atoms with Crippen LogP contribution in [0.3, 0.4) is 0 Å². The zero-order valence-electron chi connectivity index (χ0n) is 16.7. The smallest absolute Gasteiger partial charge is 0.416 e. The van der Waals surface area contributed by atoms with Crippen LogP contribution in [0, 0.1) is 0 Å². The Morgan fingerprint density at radius 1 is 0.900 bits per heavy atom. The molecule has 0 aliphatic carbocycles. The van der Waals surface area contributed by atoms with Crippen LogP contribution in [0.15, 0.2) is 48.5 Å². The minimum absolute atomic E-state index is 0.174. The highest BCUT2D eigenvalue weighted by Gasteiger charge is 2.33. The van der Waals surface area contributed by atoms with Crippen molar-refractivity contribution >= 4 is 5.57 Å². The van der Waals surface area contributed by atoms with Gasteiger partial charge in [-0.2, -0.15) is 13.2 Å². The number of rotatable bonds is 5. The van der Waals surface area contributed by atoms with Crippen molar-refractivity contribution in [2.45, 2.75) is 12.6 Å². The Balaban J connectivity index is 1.55. The molecule has 2 aromatic rings. The van der Waals surface area contributed by atoms with Crippen molar-refractivity contribution < 1.29 is 23.0 Å². The number of ether oxygens (including phenoxy) is 1. The standard InChI is InChI=1S/C23H25F3N2O2/c24-23(25,26)17-7-8-22-20(16-17)18(19-4-1-2-6-21(19)30-22)5-3-9-27-10-12-28(13-11-27)14-15-29/h1-2,4-8,16,29H,3,9-15H2. The minimum atomic E-state index is -4.40. The van der Waals surface area contributed by atoms with Gasteiger partial charge in [0.05, 0.1) is 12.2 Å². The number of aliphatic hydroxyl groups is 1. The van der Waals surface area contributed by atoms with Crippen molar-refractivity contribution in [2.75, 3.05) is 45.9 Å². The van der Waals surface area contributed by atoms with E-state index >= 15 is 0 Å². The van der Waals surface area contributed by atoms with Gasteiger partial charge in [0.2, 0.25) is 0 Å². The normalized spacial score (nSPS) is 18.7. The highest BCUT2D eigenvalue weighted by Crippen LogP contribution is 2.45. The molecule has 1 N–H and O–H groups in total. The van der Waals surface area contributed by atoms with E-state index in [0.29, 0.717) is 23.6 Å². The number of alkyl halides is 3. The molecule has 2 aliphatic rings. The van der Waals surface area contributed by atoms with Gasteiger partial charge in [-0.1, -0.05) is 24.3 Å². The summed E-state index contributed by atoms with van der Waals surface area (Å²) in [6.45, 7) is 5.42.